The van der Waals surface area contributed by atoms with Gasteiger partial charge in [0.2, 0.25) is 12.2 Å². The highest BCUT2D eigenvalue weighted by Crippen LogP contribution is 2.23. The summed E-state index contributed by atoms with van der Waals surface area (Å²) in [6, 6.07) is 0. The van der Waals surface area contributed by atoms with E-state index in [2.05, 4.69) is 44.6 Å². The summed E-state index contributed by atoms with van der Waals surface area (Å²) in [7, 11) is 0. The predicted molar refractivity (Wildman–Crippen MR) is 178 cm³/mol. The van der Waals surface area contributed by atoms with Crippen molar-refractivity contribution >= 4 is 12.2 Å². The lowest BCUT2D eigenvalue weighted by atomic mass is 9.90. The molecule has 0 saturated heterocycles. The Morgan fingerprint density at radius 1 is 0.375 bits per heavy atom. The molecule has 0 aliphatic rings. The molecule has 1 unspecified atom stereocenters. The van der Waals surface area contributed by atoms with E-state index in [0.717, 1.165) is 18.8 Å². The highest BCUT2D eigenvalue weighted by molar-refractivity contribution is 5.32. The normalized spacial score (nSPS) is 10.8. The first-order valence-electron chi connectivity index (χ1n) is 17.7. The van der Waals surface area contributed by atoms with Crippen LogP contribution < -0.4 is 0 Å². The molecule has 0 amide bonds. The van der Waals surface area contributed by atoms with Crippen LogP contribution in [-0.2, 0) is 9.59 Å². The summed E-state index contributed by atoms with van der Waals surface area (Å²) < 4.78 is 0. The number of nitrogens with zero attached hydrogens (tertiary/aromatic N) is 2. The maximum absolute atomic E-state index is 9.69. The summed E-state index contributed by atoms with van der Waals surface area (Å²) in [4.78, 5) is 26.4. The van der Waals surface area contributed by atoms with Crippen molar-refractivity contribution in [2.24, 2.45) is 15.9 Å². The molecule has 0 heterocycles. The lowest BCUT2D eigenvalue weighted by Gasteiger charge is -2.16. The standard InChI is InChI=1S/C16H34.2C10H19NO/c1-4-7-10-12-15-16(13-9-6-3)14-11-8-5-2;2*1-2-3-4-5-6-7-8-9-11-10-12/h16H,4-15H2,1-3H3;2*2-9H2,1H3. The van der Waals surface area contributed by atoms with Crippen molar-refractivity contribution in [3.05, 3.63) is 0 Å². The molecule has 0 bridgehead atoms. The third-order valence-electron chi connectivity index (χ3n) is 7.52. The van der Waals surface area contributed by atoms with E-state index in [1.165, 1.54) is 154 Å². The topological polar surface area (TPSA) is 58.9 Å². The Kier molecular flexibility index (Phi) is 48.4. The molecule has 4 heteroatoms. The lowest BCUT2D eigenvalue weighted by molar-refractivity contribution is 0.374. The van der Waals surface area contributed by atoms with Gasteiger partial charge in [0.25, 0.3) is 0 Å². The largest absolute Gasteiger partial charge is 0.234 e. The van der Waals surface area contributed by atoms with E-state index in [4.69, 9.17) is 0 Å². The molecule has 238 valence electrons. The number of rotatable bonds is 28. The number of aliphatic imine (C=N–C) groups is 2. The predicted octanol–water partition coefficient (Wildman–Crippen LogP) is 12.5. The van der Waals surface area contributed by atoms with Crippen LogP contribution in [0.3, 0.4) is 0 Å². The molecule has 40 heavy (non-hydrogen) atoms. The first-order chi connectivity index (χ1) is 19.7. The number of hydrogen-bond acceptors (Lipinski definition) is 4. The van der Waals surface area contributed by atoms with Crippen LogP contribution in [0.25, 0.3) is 0 Å². The van der Waals surface area contributed by atoms with Crippen LogP contribution in [0, 0.1) is 5.92 Å². The molecule has 0 aliphatic carbocycles. The Hall–Kier alpha value is -1.24. The fourth-order valence-electron chi connectivity index (χ4n) is 4.86. The van der Waals surface area contributed by atoms with Gasteiger partial charge < -0.3 is 0 Å². The van der Waals surface area contributed by atoms with Gasteiger partial charge >= 0.3 is 0 Å². The van der Waals surface area contributed by atoms with Gasteiger partial charge in [-0.15, -0.1) is 0 Å². The average molecular weight is 565 g/mol. The number of hydrogen-bond donors (Lipinski definition) is 0. The van der Waals surface area contributed by atoms with Gasteiger partial charge in [0.15, 0.2) is 0 Å². The van der Waals surface area contributed by atoms with Gasteiger partial charge in [-0.3, -0.25) is 0 Å². The molecule has 0 aliphatic heterocycles. The zero-order chi connectivity index (χ0) is 30.2. The van der Waals surface area contributed by atoms with Crippen LogP contribution in [0.1, 0.15) is 202 Å². The highest BCUT2D eigenvalue weighted by atomic mass is 16.1. The van der Waals surface area contributed by atoms with Gasteiger partial charge in [-0.2, -0.15) is 0 Å². The molecule has 0 rings (SSSR count). The Morgan fingerprint density at radius 2 is 0.650 bits per heavy atom. The van der Waals surface area contributed by atoms with E-state index in [0.29, 0.717) is 13.1 Å². The maximum atomic E-state index is 9.69. The summed E-state index contributed by atoms with van der Waals surface area (Å²) in [6.07, 6.45) is 38.2. The van der Waals surface area contributed by atoms with Crippen molar-refractivity contribution in [3.63, 3.8) is 0 Å². The van der Waals surface area contributed by atoms with Gasteiger partial charge in [-0.05, 0) is 18.8 Å². The van der Waals surface area contributed by atoms with Crippen LogP contribution in [-0.4, -0.2) is 25.2 Å². The summed E-state index contributed by atoms with van der Waals surface area (Å²) in [5, 5.41) is 0. The summed E-state index contributed by atoms with van der Waals surface area (Å²) in [6.45, 7) is 12.7. The molecule has 0 radical (unpaired) electrons. The van der Waals surface area contributed by atoms with Crippen molar-refractivity contribution in [2.45, 2.75) is 202 Å². The quantitative estimate of drug-likeness (QED) is 0.0539. The van der Waals surface area contributed by atoms with Crippen LogP contribution in [0.15, 0.2) is 9.98 Å². The van der Waals surface area contributed by atoms with Crippen molar-refractivity contribution in [1.82, 2.24) is 0 Å². The molecule has 0 aromatic carbocycles. The minimum absolute atomic E-state index is 0.664. The van der Waals surface area contributed by atoms with Crippen molar-refractivity contribution in [2.75, 3.05) is 13.1 Å². The number of carbonyl (C=O) groups excluding carboxylic acids is 2. The molecule has 0 aromatic heterocycles. The first-order valence-corrected chi connectivity index (χ1v) is 17.7. The van der Waals surface area contributed by atoms with E-state index in [1.807, 2.05) is 0 Å². The van der Waals surface area contributed by atoms with Crippen LogP contribution in [0.4, 0.5) is 0 Å². The molecule has 0 saturated carbocycles. The lowest BCUT2D eigenvalue weighted by Crippen LogP contribution is -2.01. The number of unbranched alkanes of at least 4 members (excludes halogenated alkanes) is 18. The third-order valence-corrected chi connectivity index (χ3v) is 7.52. The molecule has 0 N–H and O–H groups in total. The van der Waals surface area contributed by atoms with Gasteiger partial charge in [0.1, 0.15) is 0 Å². The molecule has 1 atom stereocenters. The zero-order valence-corrected chi connectivity index (χ0v) is 28.1. The van der Waals surface area contributed by atoms with E-state index in [1.54, 1.807) is 12.2 Å². The van der Waals surface area contributed by atoms with Crippen molar-refractivity contribution < 1.29 is 9.59 Å². The SMILES string of the molecule is CCCCCCC(CCCC)CCCCC.CCCCCCCCCN=C=O.CCCCCCCCCN=C=O. The molecule has 0 fully saturated rings. The Bertz CT molecular complexity index is 493. The molecular formula is C36H72N2O2. The summed E-state index contributed by atoms with van der Waals surface area (Å²) >= 11 is 0. The highest BCUT2D eigenvalue weighted by Gasteiger charge is 2.07. The fraction of sp³-hybridized carbons (Fsp3) is 0.944. The summed E-state index contributed by atoms with van der Waals surface area (Å²) in [5.41, 5.74) is 0. The van der Waals surface area contributed by atoms with Crippen LogP contribution >= 0.6 is 0 Å². The average Bonchev–Trinajstić information content (AvgIpc) is 2.97. The second kappa shape index (κ2) is 44.8. The van der Waals surface area contributed by atoms with E-state index < -0.39 is 0 Å². The third kappa shape index (κ3) is 46.6. The fourth-order valence-corrected chi connectivity index (χ4v) is 4.86. The Balaban J connectivity index is -0.000000522. The van der Waals surface area contributed by atoms with Gasteiger partial charge in [-0.1, -0.05) is 189 Å². The zero-order valence-electron chi connectivity index (χ0n) is 28.1. The van der Waals surface area contributed by atoms with E-state index >= 15 is 0 Å². The van der Waals surface area contributed by atoms with Gasteiger partial charge in [0.05, 0.1) is 13.1 Å². The van der Waals surface area contributed by atoms with E-state index in [9.17, 15) is 9.59 Å². The van der Waals surface area contributed by atoms with E-state index in [-0.39, 0.29) is 0 Å². The molecule has 0 aromatic rings. The second-order valence-corrected chi connectivity index (χ2v) is 11.5. The van der Waals surface area contributed by atoms with Crippen LogP contribution in [0.5, 0.6) is 0 Å². The van der Waals surface area contributed by atoms with Crippen molar-refractivity contribution in [3.8, 4) is 0 Å². The van der Waals surface area contributed by atoms with Gasteiger partial charge in [0, 0.05) is 0 Å². The Morgan fingerprint density at radius 3 is 1.02 bits per heavy atom. The monoisotopic (exact) mass is 565 g/mol. The first kappa shape index (κ1) is 43.2. The van der Waals surface area contributed by atoms with Gasteiger partial charge in [-0.25, -0.2) is 19.6 Å². The minimum Gasteiger partial charge on any atom is -0.211 e. The molecule has 0 spiro atoms. The molecule has 4 nitrogen and oxygen atoms in total. The Labute approximate surface area is 252 Å². The number of isocyanates is 2. The molecular weight excluding hydrogens is 492 g/mol. The smallest absolute Gasteiger partial charge is 0.211 e. The van der Waals surface area contributed by atoms with Crippen LogP contribution in [0.2, 0.25) is 0 Å². The summed E-state index contributed by atoms with van der Waals surface area (Å²) in [5.74, 6) is 1.04. The second-order valence-electron chi connectivity index (χ2n) is 11.5. The maximum Gasteiger partial charge on any atom is 0.234 e. The minimum atomic E-state index is 0.664. The van der Waals surface area contributed by atoms with Crippen molar-refractivity contribution in [1.29, 1.82) is 0 Å².